The van der Waals surface area contributed by atoms with E-state index in [2.05, 4.69) is 34.6 Å². The third kappa shape index (κ3) is 4.48. The van der Waals surface area contributed by atoms with E-state index in [1.54, 1.807) is 7.11 Å². The largest absolute Gasteiger partial charge is 0.495 e. The van der Waals surface area contributed by atoms with Gasteiger partial charge in [-0.2, -0.15) is 0 Å². The molecule has 0 radical (unpaired) electrons. The Bertz CT molecular complexity index is 750. The number of urea groups is 1. The first-order valence-corrected chi connectivity index (χ1v) is 9.13. The predicted octanol–water partition coefficient (Wildman–Crippen LogP) is 4.88. The van der Waals surface area contributed by atoms with Gasteiger partial charge in [-0.1, -0.05) is 13.0 Å². The van der Waals surface area contributed by atoms with Crippen molar-refractivity contribution < 1.29 is 9.53 Å². The van der Waals surface area contributed by atoms with E-state index in [9.17, 15) is 4.79 Å². The normalized spacial score (nSPS) is 14.8. The monoisotopic (exact) mass is 353 g/mol. The number of carbonyl (C=O) groups is 1. The van der Waals surface area contributed by atoms with Crippen LogP contribution < -0.4 is 20.3 Å². The van der Waals surface area contributed by atoms with Crippen LogP contribution in [0.25, 0.3) is 0 Å². The zero-order valence-electron chi connectivity index (χ0n) is 15.7. The Morgan fingerprint density at radius 3 is 2.42 bits per heavy atom. The average molecular weight is 353 g/mol. The van der Waals surface area contributed by atoms with Crippen LogP contribution in [0.5, 0.6) is 5.75 Å². The molecule has 3 rings (SSSR count). The van der Waals surface area contributed by atoms with Crippen LogP contribution in [0.3, 0.4) is 0 Å². The number of benzene rings is 2. The molecule has 0 aromatic heterocycles. The second-order valence-electron chi connectivity index (χ2n) is 7.00. The number of nitrogens with zero attached hydrogens (tertiary/aromatic N) is 1. The first-order valence-electron chi connectivity index (χ1n) is 9.13. The summed E-state index contributed by atoms with van der Waals surface area (Å²) in [5, 5.41) is 5.72. The van der Waals surface area contributed by atoms with Crippen LogP contribution in [0, 0.1) is 12.8 Å². The first kappa shape index (κ1) is 18.1. The van der Waals surface area contributed by atoms with Crippen molar-refractivity contribution in [1.82, 2.24) is 0 Å². The molecule has 26 heavy (non-hydrogen) atoms. The Morgan fingerprint density at radius 2 is 1.77 bits per heavy atom. The number of carbonyl (C=O) groups excluding carboxylic acids is 1. The van der Waals surface area contributed by atoms with Crippen LogP contribution in [0.15, 0.2) is 42.5 Å². The topological polar surface area (TPSA) is 53.6 Å². The van der Waals surface area contributed by atoms with Gasteiger partial charge in [0.2, 0.25) is 0 Å². The molecule has 2 amide bonds. The van der Waals surface area contributed by atoms with E-state index in [0.717, 1.165) is 30.3 Å². The molecule has 1 fully saturated rings. The summed E-state index contributed by atoms with van der Waals surface area (Å²) >= 11 is 0. The third-order valence-corrected chi connectivity index (χ3v) is 4.88. The van der Waals surface area contributed by atoms with Gasteiger partial charge in [-0.15, -0.1) is 0 Å². The average Bonchev–Trinajstić information content (AvgIpc) is 2.63. The lowest BCUT2D eigenvalue weighted by Crippen LogP contribution is -2.32. The highest BCUT2D eigenvalue weighted by Crippen LogP contribution is 2.26. The zero-order valence-corrected chi connectivity index (χ0v) is 15.7. The second-order valence-corrected chi connectivity index (χ2v) is 7.00. The zero-order chi connectivity index (χ0) is 18.5. The maximum absolute atomic E-state index is 12.3. The van der Waals surface area contributed by atoms with Gasteiger partial charge in [0.25, 0.3) is 0 Å². The van der Waals surface area contributed by atoms with E-state index in [1.807, 2.05) is 37.3 Å². The lowest BCUT2D eigenvalue weighted by molar-refractivity contribution is 0.262. The van der Waals surface area contributed by atoms with Crippen molar-refractivity contribution in [3.05, 3.63) is 48.0 Å². The smallest absolute Gasteiger partial charge is 0.323 e. The maximum atomic E-state index is 12.3. The van der Waals surface area contributed by atoms with E-state index in [4.69, 9.17) is 4.74 Å². The molecule has 1 heterocycles. The second kappa shape index (κ2) is 8.13. The summed E-state index contributed by atoms with van der Waals surface area (Å²) in [5.74, 6) is 1.45. The molecule has 138 valence electrons. The van der Waals surface area contributed by atoms with Crippen molar-refractivity contribution in [2.75, 3.05) is 35.7 Å². The van der Waals surface area contributed by atoms with Crippen molar-refractivity contribution in [1.29, 1.82) is 0 Å². The van der Waals surface area contributed by atoms with Crippen LogP contribution in [0.4, 0.5) is 21.9 Å². The molecule has 0 saturated carbocycles. The number of amides is 2. The quantitative estimate of drug-likeness (QED) is 0.823. The van der Waals surface area contributed by atoms with Crippen LogP contribution in [-0.4, -0.2) is 26.2 Å². The molecule has 5 nitrogen and oxygen atoms in total. The molecule has 0 aliphatic carbocycles. The minimum atomic E-state index is -0.284. The van der Waals surface area contributed by atoms with Gasteiger partial charge in [-0.3, -0.25) is 0 Å². The summed E-state index contributed by atoms with van der Waals surface area (Å²) in [5.41, 5.74) is 3.69. The van der Waals surface area contributed by atoms with Crippen molar-refractivity contribution in [2.45, 2.75) is 26.7 Å². The Hall–Kier alpha value is -2.69. The van der Waals surface area contributed by atoms with Crippen molar-refractivity contribution in [3.8, 4) is 5.75 Å². The molecular formula is C21H27N3O2. The number of anilines is 3. The van der Waals surface area contributed by atoms with Gasteiger partial charge in [0, 0.05) is 24.5 Å². The Labute approximate surface area is 155 Å². The summed E-state index contributed by atoms with van der Waals surface area (Å²) in [6, 6.07) is 13.4. The number of methoxy groups -OCH3 is 1. The number of ether oxygens (including phenoxy) is 1. The molecule has 2 aromatic rings. The van der Waals surface area contributed by atoms with Crippen molar-refractivity contribution in [2.24, 2.45) is 5.92 Å². The van der Waals surface area contributed by atoms with E-state index >= 15 is 0 Å². The molecule has 2 N–H and O–H groups in total. The summed E-state index contributed by atoms with van der Waals surface area (Å²) in [7, 11) is 1.59. The number of hydrogen-bond acceptors (Lipinski definition) is 3. The van der Waals surface area contributed by atoms with Gasteiger partial charge >= 0.3 is 6.03 Å². The molecule has 1 aliphatic rings. The molecular weight excluding hydrogens is 326 g/mol. The fourth-order valence-electron chi connectivity index (χ4n) is 3.23. The van der Waals surface area contributed by atoms with Gasteiger partial charge in [0.1, 0.15) is 5.75 Å². The molecule has 1 aliphatic heterocycles. The molecule has 0 spiro atoms. The summed E-state index contributed by atoms with van der Waals surface area (Å²) in [4.78, 5) is 14.7. The fraction of sp³-hybridized carbons (Fsp3) is 0.381. The highest BCUT2D eigenvalue weighted by molar-refractivity contribution is 6.00. The Kier molecular flexibility index (Phi) is 5.66. The Morgan fingerprint density at radius 1 is 1.08 bits per heavy atom. The van der Waals surface area contributed by atoms with Crippen molar-refractivity contribution in [3.63, 3.8) is 0 Å². The summed E-state index contributed by atoms with van der Waals surface area (Å²) in [6.45, 7) is 6.48. The number of piperidine rings is 1. The van der Waals surface area contributed by atoms with E-state index in [1.165, 1.54) is 18.5 Å². The maximum Gasteiger partial charge on any atom is 0.323 e. The van der Waals surface area contributed by atoms with E-state index < -0.39 is 0 Å². The first-order chi connectivity index (χ1) is 12.5. The van der Waals surface area contributed by atoms with Crippen LogP contribution in [0.2, 0.25) is 0 Å². The van der Waals surface area contributed by atoms with Crippen LogP contribution in [-0.2, 0) is 0 Å². The van der Waals surface area contributed by atoms with Gasteiger partial charge < -0.3 is 20.3 Å². The van der Waals surface area contributed by atoms with Gasteiger partial charge in [-0.25, -0.2) is 4.79 Å². The summed E-state index contributed by atoms with van der Waals surface area (Å²) < 4.78 is 5.29. The van der Waals surface area contributed by atoms with Gasteiger partial charge in [0.15, 0.2) is 0 Å². The van der Waals surface area contributed by atoms with Crippen LogP contribution >= 0.6 is 0 Å². The lowest BCUT2D eigenvalue weighted by atomic mass is 9.99. The SMILES string of the molecule is COc1ccc(C)cc1NC(=O)Nc1ccc(N2CCC(C)CC2)cc1. The number of nitrogens with one attached hydrogen (secondary N) is 2. The number of aryl methyl sites for hydroxylation is 1. The molecule has 0 atom stereocenters. The van der Waals surface area contributed by atoms with Crippen molar-refractivity contribution >= 4 is 23.1 Å². The van der Waals surface area contributed by atoms with Crippen LogP contribution in [0.1, 0.15) is 25.3 Å². The third-order valence-electron chi connectivity index (χ3n) is 4.88. The predicted molar refractivity (Wildman–Crippen MR) is 107 cm³/mol. The highest BCUT2D eigenvalue weighted by atomic mass is 16.5. The fourth-order valence-corrected chi connectivity index (χ4v) is 3.23. The molecule has 5 heteroatoms. The van der Waals surface area contributed by atoms with Gasteiger partial charge in [-0.05, 0) is 67.6 Å². The van der Waals surface area contributed by atoms with E-state index in [-0.39, 0.29) is 6.03 Å². The Balaban J connectivity index is 1.60. The molecule has 0 unspecified atom stereocenters. The standard InChI is InChI=1S/C21H27N3O2/c1-15-10-12-24(13-11-15)18-7-5-17(6-8-18)22-21(25)23-19-14-16(2)4-9-20(19)26-3/h4-9,14-15H,10-13H2,1-3H3,(H2,22,23,25). The molecule has 2 aromatic carbocycles. The molecule has 1 saturated heterocycles. The summed E-state index contributed by atoms with van der Waals surface area (Å²) in [6.07, 6.45) is 2.47. The number of rotatable bonds is 4. The minimum absolute atomic E-state index is 0.284. The highest BCUT2D eigenvalue weighted by Gasteiger charge is 2.16. The van der Waals surface area contributed by atoms with E-state index in [0.29, 0.717) is 11.4 Å². The number of hydrogen-bond donors (Lipinski definition) is 2. The lowest BCUT2D eigenvalue weighted by Gasteiger charge is -2.32. The van der Waals surface area contributed by atoms with Gasteiger partial charge in [0.05, 0.1) is 12.8 Å². The molecule has 0 bridgehead atoms. The minimum Gasteiger partial charge on any atom is -0.495 e.